The monoisotopic (exact) mass is 381 g/mol. The van der Waals surface area contributed by atoms with Gasteiger partial charge in [0.05, 0.1) is 11.0 Å². The third-order valence-electron chi connectivity index (χ3n) is 6.36. The second-order valence-corrected chi connectivity index (χ2v) is 7.94. The summed E-state index contributed by atoms with van der Waals surface area (Å²) in [6, 6.07) is 31.1. The van der Waals surface area contributed by atoms with Gasteiger partial charge in [-0.05, 0) is 39.9 Å². The number of hydrogen-bond acceptors (Lipinski definition) is 2. The van der Waals surface area contributed by atoms with Crippen LogP contribution >= 0.6 is 0 Å². The Kier molecular flexibility index (Phi) is 2.91. The molecule has 0 spiro atoms. The van der Waals surface area contributed by atoms with Crippen LogP contribution in [0.5, 0.6) is 0 Å². The number of rotatable bonds is 0. The van der Waals surface area contributed by atoms with Crippen molar-refractivity contribution in [2.24, 2.45) is 0 Å². The first-order valence-corrected chi connectivity index (χ1v) is 10.1. The van der Waals surface area contributed by atoms with E-state index in [1.807, 2.05) is 36.4 Å². The smallest absolute Gasteiger partial charge is 0.194 e. The van der Waals surface area contributed by atoms with Crippen molar-refractivity contribution in [3.05, 3.63) is 102 Å². The van der Waals surface area contributed by atoms with E-state index in [-0.39, 0.29) is 5.78 Å². The molecule has 0 saturated carbocycles. The van der Waals surface area contributed by atoms with Crippen LogP contribution in [0.2, 0.25) is 0 Å². The van der Waals surface area contributed by atoms with E-state index in [0.717, 1.165) is 54.8 Å². The van der Waals surface area contributed by atoms with Gasteiger partial charge in [-0.15, -0.1) is 0 Å². The van der Waals surface area contributed by atoms with Crippen molar-refractivity contribution in [3.8, 4) is 11.1 Å². The van der Waals surface area contributed by atoms with Gasteiger partial charge in [-0.3, -0.25) is 4.79 Å². The zero-order chi connectivity index (χ0) is 19.8. The van der Waals surface area contributed by atoms with Gasteiger partial charge in [0.25, 0.3) is 0 Å². The van der Waals surface area contributed by atoms with Crippen LogP contribution in [0.4, 0.5) is 0 Å². The number of carbonyl (C=O) groups excluding carboxylic acids is 1. The summed E-state index contributed by atoms with van der Waals surface area (Å²) in [4.78, 5) is 18.1. The van der Waals surface area contributed by atoms with Gasteiger partial charge in [0.1, 0.15) is 0 Å². The summed E-state index contributed by atoms with van der Waals surface area (Å²) in [5.41, 5.74) is 5.52. The van der Waals surface area contributed by atoms with Gasteiger partial charge >= 0.3 is 0 Å². The Morgan fingerprint density at radius 2 is 1.30 bits per heavy atom. The zero-order valence-corrected chi connectivity index (χ0v) is 16.0. The van der Waals surface area contributed by atoms with Crippen molar-refractivity contribution < 1.29 is 4.79 Å². The van der Waals surface area contributed by atoms with Crippen LogP contribution in [0.25, 0.3) is 54.5 Å². The molecule has 6 aromatic rings. The second-order valence-electron chi connectivity index (χ2n) is 7.94. The molecular weight excluding hydrogens is 366 g/mol. The summed E-state index contributed by atoms with van der Waals surface area (Å²) in [5, 5.41) is 6.85. The fourth-order valence-corrected chi connectivity index (χ4v) is 4.97. The van der Waals surface area contributed by atoms with Crippen molar-refractivity contribution in [1.82, 2.24) is 4.98 Å². The molecule has 0 unspecified atom stereocenters. The molecule has 1 aromatic heterocycles. The second kappa shape index (κ2) is 5.52. The van der Waals surface area contributed by atoms with E-state index < -0.39 is 0 Å². The molecule has 0 bridgehead atoms. The number of benzene rings is 5. The Bertz CT molecular complexity index is 1710. The molecule has 0 aliphatic heterocycles. The molecule has 0 N–H and O–H groups in total. The summed E-state index contributed by atoms with van der Waals surface area (Å²) >= 11 is 0. The number of nitrogens with zero attached hydrogens (tertiary/aromatic N) is 1. The molecule has 2 nitrogen and oxygen atoms in total. The average molecular weight is 381 g/mol. The maximum atomic E-state index is 13.0. The van der Waals surface area contributed by atoms with Gasteiger partial charge in [-0.2, -0.15) is 0 Å². The molecule has 30 heavy (non-hydrogen) atoms. The number of fused-ring (bicyclic) bond motifs is 10. The highest BCUT2D eigenvalue weighted by Gasteiger charge is 2.28. The molecule has 7 rings (SSSR count). The predicted molar refractivity (Wildman–Crippen MR) is 123 cm³/mol. The molecule has 0 amide bonds. The average Bonchev–Trinajstić information content (AvgIpc) is 3.10. The maximum absolute atomic E-state index is 13.0. The first kappa shape index (κ1) is 15.8. The Morgan fingerprint density at radius 3 is 2.23 bits per heavy atom. The standard InChI is InChI=1S/C28H15NO/c30-28-21-8-4-3-7-20(21)26-22(28)13-11-17-9-10-18-15-23-19-6-2-1-5-16(19)12-14-24(23)29-27(18)25(17)26/h1-15H. The maximum Gasteiger partial charge on any atom is 0.194 e. The van der Waals surface area contributed by atoms with Gasteiger partial charge in [0, 0.05) is 32.8 Å². The minimum absolute atomic E-state index is 0.103. The Hall–Kier alpha value is -4.04. The summed E-state index contributed by atoms with van der Waals surface area (Å²) in [6.45, 7) is 0. The van der Waals surface area contributed by atoms with E-state index in [1.165, 1.54) is 10.8 Å². The lowest BCUT2D eigenvalue weighted by Crippen LogP contribution is -1.94. The van der Waals surface area contributed by atoms with E-state index in [9.17, 15) is 4.79 Å². The number of pyridine rings is 1. The molecule has 0 atom stereocenters. The molecule has 1 aliphatic carbocycles. The van der Waals surface area contributed by atoms with E-state index in [2.05, 4.69) is 54.6 Å². The normalized spacial score (nSPS) is 12.7. The number of carbonyl (C=O) groups is 1. The third-order valence-corrected chi connectivity index (χ3v) is 6.36. The Morgan fingerprint density at radius 1 is 0.567 bits per heavy atom. The van der Waals surface area contributed by atoms with E-state index >= 15 is 0 Å². The van der Waals surface area contributed by atoms with Crippen molar-refractivity contribution in [1.29, 1.82) is 0 Å². The quantitative estimate of drug-likeness (QED) is 0.211. The minimum atomic E-state index is 0.103. The lowest BCUT2D eigenvalue weighted by molar-refractivity contribution is 0.104. The molecule has 2 heteroatoms. The van der Waals surface area contributed by atoms with Crippen LogP contribution in [-0.4, -0.2) is 10.8 Å². The summed E-state index contributed by atoms with van der Waals surface area (Å²) in [6.07, 6.45) is 0. The number of ketones is 1. The highest BCUT2D eigenvalue weighted by Crippen LogP contribution is 2.43. The van der Waals surface area contributed by atoms with Crippen LogP contribution in [0.15, 0.2) is 91.0 Å². The fraction of sp³-hybridized carbons (Fsp3) is 0. The van der Waals surface area contributed by atoms with Crippen molar-refractivity contribution in [3.63, 3.8) is 0 Å². The topological polar surface area (TPSA) is 30.0 Å². The van der Waals surface area contributed by atoms with E-state index in [4.69, 9.17) is 4.98 Å². The van der Waals surface area contributed by atoms with Gasteiger partial charge < -0.3 is 0 Å². The van der Waals surface area contributed by atoms with Crippen LogP contribution in [0, 0.1) is 0 Å². The van der Waals surface area contributed by atoms with Crippen LogP contribution in [-0.2, 0) is 0 Å². The first-order valence-electron chi connectivity index (χ1n) is 10.1. The molecule has 0 saturated heterocycles. The predicted octanol–water partition coefficient (Wildman–Crippen LogP) is 6.91. The van der Waals surface area contributed by atoms with Crippen LogP contribution in [0.3, 0.4) is 0 Å². The molecule has 1 aliphatic rings. The molecule has 1 heterocycles. The molecule has 5 aromatic carbocycles. The van der Waals surface area contributed by atoms with Crippen LogP contribution in [0.1, 0.15) is 15.9 Å². The van der Waals surface area contributed by atoms with Crippen molar-refractivity contribution in [2.75, 3.05) is 0 Å². The lowest BCUT2D eigenvalue weighted by Gasteiger charge is -2.11. The molecule has 0 fully saturated rings. The number of hydrogen-bond donors (Lipinski definition) is 0. The van der Waals surface area contributed by atoms with Crippen molar-refractivity contribution in [2.45, 2.75) is 0 Å². The Labute approximate surface area is 172 Å². The molecule has 138 valence electrons. The largest absolute Gasteiger partial charge is 0.289 e. The van der Waals surface area contributed by atoms with Gasteiger partial charge in [-0.25, -0.2) is 4.98 Å². The van der Waals surface area contributed by atoms with E-state index in [0.29, 0.717) is 0 Å². The Balaban J connectivity index is 1.69. The van der Waals surface area contributed by atoms with Crippen molar-refractivity contribution >= 4 is 49.1 Å². The van der Waals surface area contributed by atoms with E-state index in [1.54, 1.807) is 0 Å². The summed E-state index contributed by atoms with van der Waals surface area (Å²) < 4.78 is 0. The SMILES string of the molecule is O=C1c2ccccc2-c2c1ccc1ccc3cc4c(ccc5ccccc54)nc3c21. The first-order chi connectivity index (χ1) is 14.8. The number of aromatic nitrogens is 1. The fourth-order valence-electron chi connectivity index (χ4n) is 4.97. The minimum Gasteiger partial charge on any atom is -0.289 e. The lowest BCUT2D eigenvalue weighted by atomic mass is 9.94. The zero-order valence-electron chi connectivity index (χ0n) is 16.0. The highest BCUT2D eigenvalue weighted by molar-refractivity contribution is 6.29. The molecular formula is C28H15NO. The third kappa shape index (κ3) is 1.93. The summed E-state index contributed by atoms with van der Waals surface area (Å²) in [5.74, 6) is 0.103. The van der Waals surface area contributed by atoms with Gasteiger partial charge in [-0.1, -0.05) is 72.8 Å². The van der Waals surface area contributed by atoms with Gasteiger partial charge in [0.15, 0.2) is 5.78 Å². The van der Waals surface area contributed by atoms with Crippen LogP contribution < -0.4 is 0 Å². The van der Waals surface area contributed by atoms with Gasteiger partial charge in [0.2, 0.25) is 0 Å². The highest BCUT2D eigenvalue weighted by atomic mass is 16.1. The summed E-state index contributed by atoms with van der Waals surface area (Å²) in [7, 11) is 0. The molecule has 0 radical (unpaired) electrons.